The summed E-state index contributed by atoms with van der Waals surface area (Å²) in [5.41, 5.74) is 0. The summed E-state index contributed by atoms with van der Waals surface area (Å²) in [6, 6.07) is 7.59. The Balaban J connectivity index is 2.39. The molecule has 0 N–H and O–H groups in total. The summed E-state index contributed by atoms with van der Waals surface area (Å²) < 4.78 is 10.2. The van der Waals surface area contributed by atoms with Crippen LogP contribution in [0.15, 0.2) is 29.2 Å². The standard InChI is InChI=1S/C12H16O3S/c1-9(2)15-12(13)8-14-10-4-6-11(16-3)7-5-10/h4-7,9H,8H2,1-3H3. The zero-order valence-electron chi connectivity index (χ0n) is 9.73. The molecule has 0 radical (unpaired) electrons. The molecule has 0 amide bonds. The van der Waals surface area contributed by atoms with Gasteiger partial charge < -0.3 is 9.47 Å². The fourth-order valence-corrected chi connectivity index (χ4v) is 1.52. The SMILES string of the molecule is CSc1ccc(OCC(=O)OC(C)C)cc1. The van der Waals surface area contributed by atoms with Crippen molar-refractivity contribution in [3.8, 4) is 5.75 Å². The maximum atomic E-state index is 11.2. The van der Waals surface area contributed by atoms with E-state index in [0.717, 1.165) is 4.90 Å². The second-order valence-corrected chi connectivity index (χ2v) is 4.38. The minimum Gasteiger partial charge on any atom is -0.482 e. The second-order valence-electron chi connectivity index (χ2n) is 3.50. The zero-order chi connectivity index (χ0) is 12.0. The molecule has 0 bridgehead atoms. The first-order valence-electron chi connectivity index (χ1n) is 5.08. The summed E-state index contributed by atoms with van der Waals surface area (Å²) in [5, 5.41) is 0. The van der Waals surface area contributed by atoms with Crippen molar-refractivity contribution in [3.63, 3.8) is 0 Å². The lowest BCUT2D eigenvalue weighted by Gasteiger charge is -2.09. The molecule has 0 fully saturated rings. The molecule has 0 atom stereocenters. The maximum Gasteiger partial charge on any atom is 0.344 e. The Morgan fingerprint density at radius 1 is 1.31 bits per heavy atom. The minimum absolute atomic E-state index is 0.0448. The molecule has 0 aliphatic heterocycles. The third kappa shape index (κ3) is 4.57. The van der Waals surface area contributed by atoms with Gasteiger partial charge in [-0.1, -0.05) is 0 Å². The average Bonchev–Trinajstić information content (AvgIpc) is 2.26. The van der Waals surface area contributed by atoms with Crippen LogP contribution < -0.4 is 4.74 Å². The molecule has 0 aliphatic rings. The molecule has 0 aliphatic carbocycles. The van der Waals surface area contributed by atoms with E-state index in [1.54, 1.807) is 11.8 Å². The first kappa shape index (κ1) is 12.9. The van der Waals surface area contributed by atoms with Crippen LogP contribution in [0.25, 0.3) is 0 Å². The van der Waals surface area contributed by atoms with Gasteiger partial charge in [-0.15, -0.1) is 11.8 Å². The molecule has 0 spiro atoms. The van der Waals surface area contributed by atoms with Gasteiger partial charge in [-0.3, -0.25) is 0 Å². The summed E-state index contributed by atoms with van der Waals surface area (Å²) in [5.74, 6) is 0.336. The number of esters is 1. The third-order valence-corrected chi connectivity index (χ3v) is 2.53. The van der Waals surface area contributed by atoms with Crippen molar-refractivity contribution >= 4 is 17.7 Å². The molecule has 1 aromatic carbocycles. The Bertz CT molecular complexity index is 333. The lowest BCUT2D eigenvalue weighted by Crippen LogP contribution is -2.18. The Hall–Kier alpha value is -1.16. The number of hydrogen-bond acceptors (Lipinski definition) is 4. The van der Waals surface area contributed by atoms with E-state index in [2.05, 4.69) is 0 Å². The van der Waals surface area contributed by atoms with Gasteiger partial charge >= 0.3 is 5.97 Å². The van der Waals surface area contributed by atoms with Crippen LogP contribution in [0.2, 0.25) is 0 Å². The van der Waals surface area contributed by atoms with Crippen molar-refractivity contribution in [1.29, 1.82) is 0 Å². The molecule has 0 heterocycles. The van der Waals surface area contributed by atoms with Crippen LogP contribution in [-0.4, -0.2) is 24.9 Å². The van der Waals surface area contributed by atoms with Crippen LogP contribution >= 0.6 is 11.8 Å². The van der Waals surface area contributed by atoms with E-state index < -0.39 is 0 Å². The Morgan fingerprint density at radius 2 is 1.94 bits per heavy atom. The van der Waals surface area contributed by atoms with E-state index in [-0.39, 0.29) is 18.7 Å². The van der Waals surface area contributed by atoms with E-state index in [0.29, 0.717) is 5.75 Å². The lowest BCUT2D eigenvalue weighted by atomic mass is 10.3. The molecular weight excluding hydrogens is 224 g/mol. The fraction of sp³-hybridized carbons (Fsp3) is 0.417. The van der Waals surface area contributed by atoms with Crippen molar-refractivity contribution < 1.29 is 14.3 Å². The molecule has 0 saturated heterocycles. The number of benzene rings is 1. The third-order valence-electron chi connectivity index (χ3n) is 1.78. The van der Waals surface area contributed by atoms with Gasteiger partial charge in [0.15, 0.2) is 6.61 Å². The predicted molar refractivity (Wildman–Crippen MR) is 64.9 cm³/mol. The highest BCUT2D eigenvalue weighted by Gasteiger charge is 2.06. The Kier molecular flexibility index (Phi) is 5.19. The monoisotopic (exact) mass is 240 g/mol. The van der Waals surface area contributed by atoms with Gasteiger partial charge in [0.25, 0.3) is 0 Å². The van der Waals surface area contributed by atoms with Crippen LogP contribution in [0.1, 0.15) is 13.8 Å². The average molecular weight is 240 g/mol. The van der Waals surface area contributed by atoms with Crippen LogP contribution in [0.5, 0.6) is 5.75 Å². The van der Waals surface area contributed by atoms with Crippen LogP contribution in [0, 0.1) is 0 Å². The van der Waals surface area contributed by atoms with Crippen molar-refractivity contribution in [3.05, 3.63) is 24.3 Å². The normalized spacial score (nSPS) is 10.2. The van der Waals surface area contributed by atoms with Gasteiger partial charge in [-0.25, -0.2) is 4.79 Å². The Morgan fingerprint density at radius 3 is 2.44 bits per heavy atom. The molecule has 0 unspecified atom stereocenters. The van der Waals surface area contributed by atoms with E-state index in [1.807, 2.05) is 44.4 Å². The van der Waals surface area contributed by atoms with Crippen molar-refractivity contribution in [2.24, 2.45) is 0 Å². The minimum atomic E-state index is -0.344. The molecule has 4 heteroatoms. The van der Waals surface area contributed by atoms with Gasteiger partial charge in [-0.05, 0) is 44.4 Å². The van der Waals surface area contributed by atoms with Gasteiger partial charge in [-0.2, -0.15) is 0 Å². The van der Waals surface area contributed by atoms with Gasteiger partial charge in [0.05, 0.1) is 6.10 Å². The summed E-state index contributed by atoms with van der Waals surface area (Å²) in [6.07, 6.45) is 1.91. The first-order chi connectivity index (χ1) is 7.61. The topological polar surface area (TPSA) is 35.5 Å². The van der Waals surface area contributed by atoms with Crippen LogP contribution in [0.4, 0.5) is 0 Å². The quantitative estimate of drug-likeness (QED) is 0.585. The van der Waals surface area contributed by atoms with E-state index in [4.69, 9.17) is 9.47 Å². The highest BCUT2D eigenvalue weighted by Crippen LogP contribution is 2.18. The summed E-state index contributed by atoms with van der Waals surface area (Å²) in [4.78, 5) is 12.4. The first-order valence-corrected chi connectivity index (χ1v) is 6.30. The van der Waals surface area contributed by atoms with E-state index in [1.165, 1.54) is 0 Å². The number of ether oxygens (including phenoxy) is 2. The lowest BCUT2D eigenvalue weighted by molar-refractivity contribution is -0.149. The van der Waals surface area contributed by atoms with Gasteiger partial charge in [0, 0.05) is 4.90 Å². The number of carbonyl (C=O) groups excluding carboxylic acids is 1. The van der Waals surface area contributed by atoms with E-state index >= 15 is 0 Å². The van der Waals surface area contributed by atoms with Gasteiger partial charge in [0.2, 0.25) is 0 Å². The fourth-order valence-electron chi connectivity index (χ4n) is 1.11. The highest BCUT2D eigenvalue weighted by molar-refractivity contribution is 7.98. The summed E-state index contributed by atoms with van der Waals surface area (Å²) in [7, 11) is 0. The second kappa shape index (κ2) is 6.43. The predicted octanol–water partition coefficient (Wildman–Crippen LogP) is 2.74. The van der Waals surface area contributed by atoms with Crippen molar-refractivity contribution in [2.45, 2.75) is 24.8 Å². The molecule has 16 heavy (non-hydrogen) atoms. The highest BCUT2D eigenvalue weighted by atomic mass is 32.2. The smallest absolute Gasteiger partial charge is 0.344 e. The molecule has 0 saturated carbocycles. The molecule has 88 valence electrons. The number of carbonyl (C=O) groups is 1. The Labute approximate surface area is 100 Å². The zero-order valence-corrected chi connectivity index (χ0v) is 10.5. The largest absolute Gasteiger partial charge is 0.482 e. The number of thioether (sulfide) groups is 1. The summed E-state index contributed by atoms with van der Waals surface area (Å²) >= 11 is 1.66. The molecule has 3 nitrogen and oxygen atoms in total. The van der Waals surface area contributed by atoms with Crippen LogP contribution in [-0.2, 0) is 9.53 Å². The van der Waals surface area contributed by atoms with E-state index in [9.17, 15) is 4.79 Å². The number of hydrogen-bond donors (Lipinski definition) is 0. The van der Waals surface area contributed by atoms with Crippen molar-refractivity contribution in [2.75, 3.05) is 12.9 Å². The van der Waals surface area contributed by atoms with Crippen LogP contribution in [0.3, 0.4) is 0 Å². The van der Waals surface area contributed by atoms with Gasteiger partial charge in [0.1, 0.15) is 5.75 Å². The van der Waals surface area contributed by atoms with Crippen molar-refractivity contribution in [1.82, 2.24) is 0 Å². The molecular formula is C12H16O3S. The molecule has 1 rings (SSSR count). The molecule has 1 aromatic rings. The summed E-state index contributed by atoms with van der Waals surface area (Å²) in [6.45, 7) is 3.58. The molecule has 0 aromatic heterocycles. The maximum absolute atomic E-state index is 11.2. The number of rotatable bonds is 5.